The number of esters is 3. The van der Waals surface area contributed by atoms with Crippen molar-refractivity contribution in [2.24, 2.45) is 0 Å². The molecule has 0 bridgehead atoms. The molecule has 62 heavy (non-hydrogen) atoms. The fraction of sp³-hybridized carbons (Fsp3) is 0.839. The maximum atomic E-state index is 12.8. The van der Waals surface area contributed by atoms with Gasteiger partial charge in [0.1, 0.15) is 13.2 Å². The first-order valence-corrected chi connectivity index (χ1v) is 27.0. The maximum Gasteiger partial charge on any atom is 0.306 e. The van der Waals surface area contributed by atoms with Crippen LogP contribution in [0.15, 0.2) is 36.5 Å². The lowest BCUT2D eigenvalue weighted by molar-refractivity contribution is -0.167. The SMILES string of the molecule is CCCC/C=C\CCCCCCCC(=O)OCC(COC(=O)CCCCCCCCCCCCCCCCCCC)OC(=O)CCCCC/C=C\C=C/CCCCCCCCC. The van der Waals surface area contributed by atoms with Crippen LogP contribution in [0, 0.1) is 0 Å². The number of hydrogen-bond acceptors (Lipinski definition) is 6. The van der Waals surface area contributed by atoms with Crippen molar-refractivity contribution in [2.45, 2.75) is 290 Å². The molecule has 6 nitrogen and oxygen atoms in total. The van der Waals surface area contributed by atoms with E-state index in [4.69, 9.17) is 14.2 Å². The number of allylic oxidation sites excluding steroid dienone is 6. The molecule has 0 rings (SSSR count). The van der Waals surface area contributed by atoms with Gasteiger partial charge in [0.2, 0.25) is 0 Å². The number of carbonyl (C=O) groups is 3. The molecule has 0 aromatic rings. The highest BCUT2D eigenvalue weighted by molar-refractivity contribution is 5.71. The molecular weight excluding hydrogens is 769 g/mol. The monoisotopic (exact) mass is 871 g/mol. The number of carbonyl (C=O) groups excluding carboxylic acids is 3. The summed E-state index contributed by atoms with van der Waals surface area (Å²) >= 11 is 0. The van der Waals surface area contributed by atoms with Crippen LogP contribution in [0.2, 0.25) is 0 Å². The zero-order chi connectivity index (χ0) is 45.1. The highest BCUT2D eigenvalue weighted by Gasteiger charge is 2.19. The summed E-state index contributed by atoms with van der Waals surface area (Å²) in [6.07, 6.45) is 59.9. The van der Waals surface area contributed by atoms with E-state index in [9.17, 15) is 14.4 Å². The molecule has 6 heteroatoms. The van der Waals surface area contributed by atoms with Crippen LogP contribution in [-0.4, -0.2) is 37.2 Å². The molecule has 0 saturated carbocycles. The Morgan fingerprint density at radius 1 is 0.323 bits per heavy atom. The lowest BCUT2D eigenvalue weighted by Crippen LogP contribution is -2.30. The standard InChI is InChI=1S/C56H102O6/c1-4-7-10-13-16-19-22-24-26-28-30-31-34-37-40-43-46-49-55(58)61-52-53(51-60-54(57)48-45-42-39-36-33-21-18-15-12-9-6-3)62-56(59)50-47-44-41-38-35-32-29-27-25-23-20-17-14-11-8-5-2/h15,18,27,29,32,35,53H,4-14,16-17,19-26,28,30-31,33-34,36-52H2,1-3H3/b18-15-,29-27-,35-32-. The van der Waals surface area contributed by atoms with Gasteiger partial charge in [-0.2, -0.15) is 0 Å². The van der Waals surface area contributed by atoms with Gasteiger partial charge < -0.3 is 14.2 Å². The molecule has 0 spiro atoms. The lowest BCUT2D eigenvalue weighted by Gasteiger charge is -2.18. The second kappa shape index (κ2) is 51.3. The quantitative estimate of drug-likeness (QED) is 0.0199. The van der Waals surface area contributed by atoms with Gasteiger partial charge in [-0.1, -0.05) is 237 Å². The van der Waals surface area contributed by atoms with Gasteiger partial charge in [-0.05, 0) is 64.2 Å². The number of ether oxygens (including phenoxy) is 3. The normalized spacial score (nSPS) is 12.2. The first-order chi connectivity index (χ1) is 30.5. The van der Waals surface area contributed by atoms with Gasteiger partial charge in [-0.25, -0.2) is 0 Å². The number of unbranched alkanes of at least 4 members (excludes halogenated alkanes) is 33. The van der Waals surface area contributed by atoms with E-state index < -0.39 is 6.10 Å². The fourth-order valence-electron chi connectivity index (χ4n) is 7.77. The Hall–Kier alpha value is -2.37. The minimum atomic E-state index is -0.785. The predicted molar refractivity (Wildman–Crippen MR) is 266 cm³/mol. The highest BCUT2D eigenvalue weighted by Crippen LogP contribution is 2.16. The summed E-state index contributed by atoms with van der Waals surface area (Å²) in [5.74, 6) is -0.907. The van der Waals surface area contributed by atoms with Crippen molar-refractivity contribution < 1.29 is 28.6 Å². The van der Waals surface area contributed by atoms with E-state index >= 15 is 0 Å². The van der Waals surface area contributed by atoms with E-state index in [-0.39, 0.29) is 31.1 Å². The van der Waals surface area contributed by atoms with Crippen LogP contribution in [-0.2, 0) is 28.6 Å². The van der Waals surface area contributed by atoms with Crippen molar-refractivity contribution in [1.82, 2.24) is 0 Å². The molecule has 0 heterocycles. The van der Waals surface area contributed by atoms with Gasteiger partial charge in [-0.3, -0.25) is 14.4 Å². The minimum absolute atomic E-state index is 0.0824. The Balaban J connectivity index is 4.36. The average Bonchev–Trinajstić information content (AvgIpc) is 3.27. The molecule has 0 saturated heterocycles. The summed E-state index contributed by atoms with van der Waals surface area (Å²) < 4.78 is 16.8. The molecule has 0 aromatic heterocycles. The van der Waals surface area contributed by atoms with Crippen molar-refractivity contribution in [3.8, 4) is 0 Å². The summed E-state index contributed by atoms with van der Waals surface area (Å²) in [6, 6.07) is 0. The summed E-state index contributed by atoms with van der Waals surface area (Å²) in [6.45, 7) is 6.59. The second-order valence-corrected chi connectivity index (χ2v) is 18.2. The molecule has 1 atom stereocenters. The molecule has 0 amide bonds. The second-order valence-electron chi connectivity index (χ2n) is 18.2. The summed E-state index contributed by atoms with van der Waals surface area (Å²) in [5, 5.41) is 0. The predicted octanol–water partition coefficient (Wildman–Crippen LogP) is 17.7. The molecule has 0 N–H and O–H groups in total. The van der Waals surface area contributed by atoms with E-state index in [1.807, 2.05) is 0 Å². The van der Waals surface area contributed by atoms with Crippen LogP contribution in [0.25, 0.3) is 0 Å². The Morgan fingerprint density at radius 3 is 0.968 bits per heavy atom. The molecule has 1 unspecified atom stereocenters. The first-order valence-electron chi connectivity index (χ1n) is 27.0. The average molecular weight is 871 g/mol. The fourth-order valence-corrected chi connectivity index (χ4v) is 7.77. The third kappa shape index (κ3) is 48.7. The van der Waals surface area contributed by atoms with Gasteiger partial charge in [0.15, 0.2) is 6.10 Å². The summed E-state index contributed by atoms with van der Waals surface area (Å²) in [5.41, 5.74) is 0. The Labute approximate surface area is 385 Å². The van der Waals surface area contributed by atoms with Gasteiger partial charge in [0.25, 0.3) is 0 Å². The molecule has 0 aliphatic carbocycles. The minimum Gasteiger partial charge on any atom is -0.462 e. The van der Waals surface area contributed by atoms with Gasteiger partial charge in [0.05, 0.1) is 0 Å². The zero-order valence-corrected chi connectivity index (χ0v) is 41.4. The molecule has 0 aliphatic rings. The van der Waals surface area contributed by atoms with Crippen LogP contribution in [0.4, 0.5) is 0 Å². The topological polar surface area (TPSA) is 78.9 Å². The van der Waals surface area contributed by atoms with Crippen molar-refractivity contribution in [3.63, 3.8) is 0 Å². The van der Waals surface area contributed by atoms with E-state index in [1.165, 1.54) is 167 Å². The van der Waals surface area contributed by atoms with Crippen LogP contribution in [0.3, 0.4) is 0 Å². The Bertz CT molecular complexity index is 1050. The van der Waals surface area contributed by atoms with Crippen molar-refractivity contribution in [1.29, 1.82) is 0 Å². The largest absolute Gasteiger partial charge is 0.462 e. The lowest BCUT2D eigenvalue weighted by atomic mass is 10.0. The van der Waals surface area contributed by atoms with Crippen LogP contribution in [0.1, 0.15) is 284 Å². The van der Waals surface area contributed by atoms with E-state index in [0.717, 1.165) is 77.0 Å². The van der Waals surface area contributed by atoms with Gasteiger partial charge >= 0.3 is 17.9 Å². The van der Waals surface area contributed by atoms with Gasteiger partial charge in [0, 0.05) is 19.3 Å². The zero-order valence-electron chi connectivity index (χ0n) is 41.4. The first kappa shape index (κ1) is 59.6. The molecule has 0 aliphatic heterocycles. The van der Waals surface area contributed by atoms with E-state index in [0.29, 0.717) is 19.3 Å². The van der Waals surface area contributed by atoms with Gasteiger partial charge in [-0.15, -0.1) is 0 Å². The van der Waals surface area contributed by atoms with E-state index in [1.54, 1.807) is 0 Å². The van der Waals surface area contributed by atoms with Crippen LogP contribution < -0.4 is 0 Å². The third-order valence-corrected chi connectivity index (χ3v) is 11.9. The van der Waals surface area contributed by atoms with Crippen molar-refractivity contribution in [3.05, 3.63) is 36.5 Å². The number of rotatable bonds is 49. The third-order valence-electron chi connectivity index (χ3n) is 11.9. The summed E-state index contributed by atoms with van der Waals surface area (Å²) in [4.78, 5) is 38.0. The molecular formula is C56H102O6. The Morgan fingerprint density at radius 2 is 0.597 bits per heavy atom. The maximum absolute atomic E-state index is 12.8. The molecule has 362 valence electrons. The van der Waals surface area contributed by atoms with Crippen molar-refractivity contribution >= 4 is 17.9 Å². The van der Waals surface area contributed by atoms with Crippen LogP contribution >= 0.6 is 0 Å². The highest BCUT2D eigenvalue weighted by atomic mass is 16.6. The smallest absolute Gasteiger partial charge is 0.306 e. The Kier molecular flexibility index (Phi) is 49.3. The molecule has 0 radical (unpaired) electrons. The number of hydrogen-bond donors (Lipinski definition) is 0. The molecule has 0 fully saturated rings. The van der Waals surface area contributed by atoms with Crippen molar-refractivity contribution in [2.75, 3.05) is 13.2 Å². The van der Waals surface area contributed by atoms with Crippen LogP contribution in [0.5, 0.6) is 0 Å². The van der Waals surface area contributed by atoms with E-state index in [2.05, 4.69) is 57.2 Å². The molecule has 0 aromatic carbocycles. The summed E-state index contributed by atoms with van der Waals surface area (Å²) in [7, 11) is 0.